The molecule has 6 nitrogen and oxygen atoms in total. The third-order valence-electron chi connectivity index (χ3n) is 5.30. The summed E-state index contributed by atoms with van der Waals surface area (Å²) in [5.41, 5.74) is 8.17. The van der Waals surface area contributed by atoms with Gasteiger partial charge in [-0.1, -0.05) is 13.8 Å². The second-order valence-corrected chi connectivity index (χ2v) is 7.45. The van der Waals surface area contributed by atoms with Crippen LogP contribution >= 0.6 is 0 Å². The van der Waals surface area contributed by atoms with Crippen LogP contribution in [0.3, 0.4) is 0 Å². The molecule has 24 heavy (non-hydrogen) atoms. The van der Waals surface area contributed by atoms with Crippen molar-refractivity contribution in [2.45, 2.75) is 45.6 Å². The van der Waals surface area contributed by atoms with Gasteiger partial charge in [-0.15, -0.1) is 0 Å². The summed E-state index contributed by atoms with van der Waals surface area (Å²) in [5.74, 6) is 0.934. The first-order chi connectivity index (χ1) is 11.5. The van der Waals surface area contributed by atoms with E-state index >= 15 is 0 Å². The zero-order valence-corrected chi connectivity index (χ0v) is 14.4. The highest BCUT2D eigenvalue weighted by molar-refractivity contribution is 6.08. The Hall–Kier alpha value is -2.37. The summed E-state index contributed by atoms with van der Waals surface area (Å²) >= 11 is 0. The van der Waals surface area contributed by atoms with Crippen LogP contribution < -0.4 is 10.5 Å². The van der Waals surface area contributed by atoms with Gasteiger partial charge in [0.2, 0.25) is 11.8 Å². The predicted molar refractivity (Wildman–Crippen MR) is 95.1 cm³/mol. The van der Waals surface area contributed by atoms with Crippen molar-refractivity contribution in [3.63, 3.8) is 0 Å². The van der Waals surface area contributed by atoms with Gasteiger partial charge in [-0.3, -0.25) is 0 Å². The molecule has 2 N–H and O–H groups in total. The fourth-order valence-corrected chi connectivity index (χ4v) is 3.90. The van der Waals surface area contributed by atoms with Gasteiger partial charge < -0.3 is 15.0 Å². The Balaban J connectivity index is 1.99. The minimum Gasteiger partial charge on any atom is -0.479 e. The number of nitrogens with two attached hydrogens (primary N) is 1. The van der Waals surface area contributed by atoms with E-state index < -0.39 is 0 Å². The molecular formula is C18H23N5O. The Labute approximate surface area is 141 Å². The Morgan fingerprint density at radius 1 is 1.21 bits per heavy atom. The van der Waals surface area contributed by atoms with Crippen LogP contribution in [0.2, 0.25) is 0 Å². The summed E-state index contributed by atoms with van der Waals surface area (Å²) in [5, 5.41) is 2.08. The van der Waals surface area contributed by atoms with Gasteiger partial charge in [-0.2, -0.15) is 4.98 Å². The summed E-state index contributed by atoms with van der Waals surface area (Å²) in [7, 11) is 1.66. The van der Waals surface area contributed by atoms with E-state index in [0.717, 1.165) is 34.8 Å². The van der Waals surface area contributed by atoms with E-state index in [9.17, 15) is 0 Å². The SMILES string of the molecule is COc1nccc2c3cnc(N)nc3n(C3CCC(C)(C)CC3)c12. The largest absolute Gasteiger partial charge is 0.479 e. The van der Waals surface area contributed by atoms with Gasteiger partial charge in [0.1, 0.15) is 11.2 Å². The summed E-state index contributed by atoms with van der Waals surface area (Å²) in [6.07, 6.45) is 8.21. The third-order valence-corrected chi connectivity index (χ3v) is 5.30. The number of hydrogen-bond acceptors (Lipinski definition) is 5. The molecule has 0 unspecified atom stereocenters. The summed E-state index contributed by atoms with van der Waals surface area (Å²) in [4.78, 5) is 13.1. The lowest BCUT2D eigenvalue weighted by Crippen LogP contribution is -2.23. The smallest absolute Gasteiger partial charge is 0.238 e. The van der Waals surface area contributed by atoms with Crippen LogP contribution in [-0.4, -0.2) is 26.6 Å². The molecular weight excluding hydrogens is 302 g/mol. The van der Waals surface area contributed by atoms with Gasteiger partial charge in [-0.05, 0) is 37.2 Å². The number of nitrogen functional groups attached to an aromatic ring is 1. The molecule has 0 aromatic carbocycles. The number of anilines is 1. The van der Waals surface area contributed by atoms with E-state index in [1.807, 2.05) is 12.3 Å². The van der Waals surface area contributed by atoms with Crippen molar-refractivity contribution >= 4 is 27.9 Å². The topological polar surface area (TPSA) is 78.8 Å². The Morgan fingerprint density at radius 3 is 2.67 bits per heavy atom. The van der Waals surface area contributed by atoms with Crippen LogP contribution in [0.5, 0.6) is 5.88 Å². The molecule has 3 aromatic heterocycles. The highest BCUT2D eigenvalue weighted by Crippen LogP contribution is 2.44. The Kier molecular flexibility index (Phi) is 3.37. The van der Waals surface area contributed by atoms with E-state index in [-0.39, 0.29) is 0 Å². The molecule has 0 saturated heterocycles. The van der Waals surface area contributed by atoms with Crippen LogP contribution in [0, 0.1) is 5.41 Å². The molecule has 3 aromatic rings. The van der Waals surface area contributed by atoms with E-state index in [1.165, 1.54) is 12.8 Å². The van der Waals surface area contributed by atoms with Gasteiger partial charge in [0.15, 0.2) is 0 Å². The molecule has 0 spiro atoms. The Morgan fingerprint density at radius 2 is 1.96 bits per heavy atom. The second kappa shape index (κ2) is 5.33. The van der Waals surface area contributed by atoms with Crippen LogP contribution in [0.15, 0.2) is 18.5 Å². The summed E-state index contributed by atoms with van der Waals surface area (Å²) < 4.78 is 7.83. The number of ether oxygens (including phenoxy) is 1. The first-order valence-electron chi connectivity index (χ1n) is 8.45. The van der Waals surface area contributed by atoms with E-state index in [4.69, 9.17) is 10.5 Å². The van der Waals surface area contributed by atoms with Gasteiger partial charge in [0, 0.05) is 29.2 Å². The fraction of sp³-hybridized carbons (Fsp3) is 0.500. The molecule has 126 valence electrons. The zero-order chi connectivity index (χ0) is 16.9. The van der Waals surface area contributed by atoms with Crippen LogP contribution in [-0.2, 0) is 0 Å². The Bertz CT molecular complexity index is 905. The van der Waals surface area contributed by atoms with E-state index in [0.29, 0.717) is 23.3 Å². The predicted octanol–water partition coefficient (Wildman–Crippen LogP) is 3.71. The molecule has 4 rings (SSSR count). The quantitative estimate of drug-likeness (QED) is 0.777. The normalized spacial score (nSPS) is 18.3. The van der Waals surface area contributed by atoms with E-state index in [1.54, 1.807) is 13.3 Å². The maximum Gasteiger partial charge on any atom is 0.238 e. The molecule has 1 aliphatic rings. The van der Waals surface area contributed by atoms with Crippen molar-refractivity contribution in [1.82, 2.24) is 19.5 Å². The molecule has 1 aliphatic carbocycles. The highest BCUT2D eigenvalue weighted by atomic mass is 16.5. The highest BCUT2D eigenvalue weighted by Gasteiger charge is 2.30. The first-order valence-corrected chi connectivity index (χ1v) is 8.45. The monoisotopic (exact) mass is 325 g/mol. The molecule has 0 amide bonds. The maximum atomic E-state index is 5.88. The van der Waals surface area contributed by atoms with Crippen molar-refractivity contribution in [3.8, 4) is 5.88 Å². The maximum absolute atomic E-state index is 5.88. The molecule has 3 heterocycles. The number of rotatable bonds is 2. The summed E-state index contributed by atoms with van der Waals surface area (Å²) in [6.45, 7) is 4.69. The fourth-order valence-electron chi connectivity index (χ4n) is 3.90. The third kappa shape index (κ3) is 2.28. The first kappa shape index (κ1) is 15.2. The molecule has 0 aliphatic heterocycles. The van der Waals surface area contributed by atoms with Crippen molar-refractivity contribution in [2.24, 2.45) is 5.41 Å². The average Bonchev–Trinajstić information content (AvgIpc) is 2.88. The van der Waals surface area contributed by atoms with Crippen molar-refractivity contribution in [1.29, 1.82) is 0 Å². The van der Waals surface area contributed by atoms with Gasteiger partial charge in [0.05, 0.1) is 7.11 Å². The van der Waals surface area contributed by atoms with Crippen LogP contribution in [0.1, 0.15) is 45.6 Å². The lowest BCUT2D eigenvalue weighted by atomic mass is 9.75. The van der Waals surface area contributed by atoms with Gasteiger partial charge in [0.25, 0.3) is 0 Å². The number of methoxy groups -OCH3 is 1. The van der Waals surface area contributed by atoms with Crippen LogP contribution in [0.25, 0.3) is 21.9 Å². The molecule has 0 bridgehead atoms. The van der Waals surface area contributed by atoms with Gasteiger partial charge in [-0.25, -0.2) is 9.97 Å². The molecule has 0 radical (unpaired) electrons. The van der Waals surface area contributed by atoms with Crippen molar-refractivity contribution in [2.75, 3.05) is 12.8 Å². The standard InChI is InChI=1S/C18H23N5O/c1-18(2)7-4-11(5-8-18)23-14-12(6-9-20-16(14)24-3)13-10-21-17(19)22-15(13)23/h6,9-11H,4-5,7-8H2,1-3H3,(H2,19,21,22). The average molecular weight is 325 g/mol. The minimum absolute atomic E-state index is 0.301. The second-order valence-electron chi connectivity index (χ2n) is 7.45. The van der Waals surface area contributed by atoms with Crippen molar-refractivity contribution in [3.05, 3.63) is 18.5 Å². The van der Waals surface area contributed by atoms with Crippen molar-refractivity contribution < 1.29 is 4.74 Å². The molecule has 1 saturated carbocycles. The number of hydrogen-bond donors (Lipinski definition) is 1. The zero-order valence-electron chi connectivity index (χ0n) is 14.4. The molecule has 6 heteroatoms. The minimum atomic E-state index is 0.301. The molecule has 0 atom stereocenters. The molecule has 1 fully saturated rings. The number of pyridine rings is 1. The van der Waals surface area contributed by atoms with E-state index in [2.05, 4.69) is 33.4 Å². The lowest BCUT2D eigenvalue weighted by molar-refractivity contribution is 0.197. The van der Waals surface area contributed by atoms with Crippen LogP contribution in [0.4, 0.5) is 5.95 Å². The number of nitrogens with zero attached hydrogens (tertiary/aromatic N) is 4. The van der Waals surface area contributed by atoms with Gasteiger partial charge >= 0.3 is 0 Å². The lowest BCUT2D eigenvalue weighted by Gasteiger charge is -2.35. The summed E-state index contributed by atoms with van der Waals surface area (Å²) in [6, 6.07) is 2.38. The number of aromatic nitrogens is 4. The number of fused-ring (bicyclic) bond motifs is 3.